The molecular formula is C17H10F9N5. The largest absolute Gasteiger partial charge is 0.459 e. The number of nitrogens with zero attached hydrogens (tertiary/aromatic N) is 4. The van der Waals surface area contributed by atoms with Crippen molar-refractivity contribution in [1.82, 2.24) is 19.6 Å². The van der Waals surface area contributed by atoms with Gasteiger partial charge in [0.15, 0.2) is 0 Å². The number of benzene rings is 1. The highest BCUT2D eigenvalue weighted by Gasteiger charge is 2.60. The van der Waals surface area contributed by atoms with Crippen LogP contribution in [0.5, 0.6) is 0 Å². The first-order valence-electron chi connectivity index (χ1n) is 8.56. The molecule has 5 nitrogen and oxygen atoms in total. The van der Waals surface area contributed by atoms with Crippen LogP contribution in [0.4, 0.5) is 45.3 Å². The van der Waals surface area contributed by atoms with Gasteiger partial charge in [-0.25, -0.2) is 9.37 Å². The third-order valence-corrected chi connectivity index (χ3v) is 4.87. The fourth-order valence-corrected chi connectivity index (χ4v) is 3.11. The number of rotatable bonds is 4. The molecular weight excluding hydrogens is 445 g/mol. The van der Waals surface area contributed by atoms with Gasteiger partial charge in [0.25, 0.3) is 5.78 Å². The molecule has 0 bridgehead atoms. The Balaban J connectivity index is 1.75. The van der Waals surface area contributed by atoms with Crippen LogP contribution < -0.4 is 5.32 Å². The molecule has 4 rings (SSSR count). The average molecular weight is 455 g/mol. The van der Waals surface area contributed by atoms with Crippen molar-refractivity contribution in [3.05, 3.63) is 53.2 Å². The molecule has 1 aliphatic carbocycles. The molecule has 0 saturated heterocycles. The van der Waals surface area contributed by atoms with Gasteiger partial charge >= 0.3 is 18.3 Å². The molecule has 0 aliphatic heterocycles. The number of alkyl halides is 8. The van der Waals surface area contributed by atoms with Gasteiger partial charge in [-0.3, -0.25) is 0 Å². The van der Waals surface area contributed by atoms with Crippen molar-refractivity contribution in [1.29, 1.82) is 0 Å². The number of hydrogen-bond acceptors (Lipinski definition) is 4. The lowest BCUT2D eigenvalue weighted by molar-refractivity contribution is -0.290. The van der Waals surface area contributed by atoms with E-state index in [0.717, 1.165) is 16.9 Å². The Morgan fingerprint density at radius 2 is 1.65 bits per heavy atom. The maximum Gasteiger partial charge on any atom is 0.459 e. The monoisotopic (exact) mass is 455 g/mol. The van der Waals surface area contributed by atoms with Gasteiger partial charge < -0.3 is 5.32 Å². The van der Waals surface area contributed by atoms with Crippen molar-refractivity contribution < 1.29 is 39.5 Å². The minimum absolute atomic E-state index is 0.0622. The lowest BCUT2D eigenvalue weighted by Gasteiger charge is -2.23. The average Bonchev–Trinajstić information content (AvgIpc) is 3.26. The van der Waals surface area contributed by atoms with Gasteiger partial charge in [-0.15, -0.1) is 0 Å². The van der Waals surface area contributed by atoms with Gasteiger partial charge in [-0.05, 0) is 30.5 Å². The lowest BCUT2D eigenvalue weighted by Crippen LogP contribution is -2.35. The van der Waals surface area contributed by atoms with Crippen LogP contribution in [0.3, 0.4) is 0 Å². The fraction of sp³-hybridized carbons (Fsp3) is 0.353. The van der Waals surface area contributed by atoms with Crippen LogP contribution in [-0.2, 0) is 17.6 Å². The summed E-state index contributed by atoms with van der Waals surface area (Å²) < 4.78 is 119. The maximum atomic E-state index is 14.0. The summed E-state index contributed by atoms with van der Waals surface area (Å²) in [6, 6.07) is 2.62. The standard InChI is InChI=1S/C17H10F9N5/c18-10-5-8(1-2-9(10)16(21,22)23)14(3-4-14)30-12-6-11(15(19,20)17(24,25)26)29-13-27-7-28-31(12)13/h1-2,5-7,30H,3-4H2. The molecule has 166 valence electrons. The highest BCUT2D eigenvalue weighted by molar-refractivity contribution is 5.52. The van der Waals surface area contributed by atoms with Crippen LogP contribution in [0.25, 0.3) is 5.78 Å². The smallest absolute Gasteiger partial charge is 0.360 e. The Kier molecular flexibility index (Phi) is 4.42. The number of anilines is 1. The van der Waals surface area contributed by atoms with E-state index < -0.39 is 46.7 Å². The Hall–Kier alpha value is -3.06. The third-order valence-electron chi connectivity index (χ3n) is 4.87. The summed E-state index contributed by atoms with van der Waals surface area (Å²) in [6.45, 7) is 0. The van der Waals surface area contributed by atoms with E-state index in [9.17, 15) is 39.5 Å². The second-order valence-electron chi connectivity index (χ2n) is 6.97. The number of nitrogens with one attached hydrogen (secondary N) is 1. The summed E-state index contributed by atoms with van der Waals surface area (Å²) in [6.07, 6.45) is -9.46. The highest BCUT2D eigenvalue weighted by Crippen LogP contribution is 2.50. The van der Waals surface area contributed by atoms with E-state index in [-0.39, 0.29) is 24.2 Å². The first-order chi connectivity index (χ1) is 14.2. The van der Waals surface area contributed by atoms with Crippen molar-refractivity contribution in [2.45, 2.75) is 36.7 Å². The number of halogens is 9. The predicted octanol–water partition coefficient (Wildman–Crippen LogP) is 5.04. The van der Waals surface area contributed by atoms with Gasteiger partial charge in [0.05, 0.1) is 11.1 Å². The molecule has 0 radical (unpaired) electrons. The summed E-state index contributed by atoms with van der Waals surface area (Å²) in [4.78, 5) is 6.73. The second kappa shape index (κ2) is 6.47. The van der Waals surface area contributed by atoms with Crippen molar-refractivity contribution in [3.8, 4) is 0 Å². The third kappa shape index (κ3) is 3.53. The Bertz CT molecular complexity index is 1150. The van der Waals surface area contributed by atoms with Crippen molar-refractivity contribution in [3.63, 3.8) is 0 Å². The molecule has 1 saturated carbocycles. The van der Waals surface area contributed by atoms with Crippen molar-refractivity contribution >= 4 is 11.6 Å². The van der Waals surface area contributed by atoms with Crippen LogP contribution >= 0.6 is 0 Å². The van der Waals surface area contributed by atoms with E-state index in [4.69, 9.17) is 0 Å². The molecule has 0 amide bonds. The molecule has 2 heterocycles. The molecule has 0 unspecified atom stereocenters. The normalized spacial score (nSPS) is 16.5. The van der Waals surface area contributed by atoms with E-state index in [1.807, 2.05) is 0 Å². The van der Waals surface area contributed by atoms with E-state index in [1.165, 1.54) is 0 Å². The molecule has 1 fully saturated rings. The summed E-state index contributed by atoms with van der Waals surface area (Å²) in [5, 5.41) is 6.40. The van der Waals surface area contributed by atoms with E-state index in [2.05, 4.69) is 20.4 Å². The van der Waals surface area contributed by atoms with Crippen LogP contribution in [0.15, 0.2) is 30.6 Å². The molecule has 31 heavy (non-hydrogen) atoms. The van der Waals surface area contributed by atoms with Gasteiger partial charge in [0.2, 0.25) is 0 Å². The number of hydrogen-bond donors (Lipinski definition) is 1. The molecule has 1 aliphatic rings. The minimum atomic E-state index is -5.93. The van der Waals surface area contributed by atoms with Gasteiger partial charge in [-0.1, -0.05) is 6.07 Å². The predicted molar refractivity (Wildman–Crippen MR) is 86.7 cm³/mol. The van der Waals surface area contributed by atoms with Gasteiger partial charge in [0, 0.05) is 6.07 Å². The Labute approximate surface area is 166 Å². The van der Waals surface area contributed by atoms with Crippen LogP contribution in [0, 0.1) is 5.82 Å². The van der Waals surface area contributed by atoms with Crippen molar-refractivity contribution in [2.24, 2.45) is 0 Å². The highest BCUT2D eigenvalue weighted by atomic mass is 19.4. The van der Waals surface area contributed by atoms with Gasteiger partial charge in [-0.2, -0.15) is 49.7 Å². The lowest BCUT2D eigenvalue weighted by atomic mass is 10.0. The minimum Gasteiger partial charge on any atom is -0.360 e. The molecule has 0 spiro atoms. The summed E-state index contributed by atoms with van der Waals surface area (Å²) in [7, 11) is 0. The second-order valence-corrected chi connectivity index (χ2v) is 6.97. The van der Waals surface area contributed by atoms with Crippen LogP contribution in [-0.4, -0.2) is 25.8 Å². The SMILES string of the molecule is Fc1cc(C2(Nc3cc(C(F)(F)C(F)(F)F)nc4ncnn34)CC2)ccc1C(F)(F)F. The van der Waals surface area contributed by atoms with Crippen LogP contribution in [0.1, 0.15) is 29.7 Å². The zero-order valence-corrected chi connectivity index (χ0v) is 15.0. The zero-order valence-electron chi connectivity index (χ0n) is 15.0. The Morgan fingerprint density at radius 3 is 2.19 bits per heavy atom. The topological polar surface area (TPSA) is 55.1 Å². The van der Waals surface area contributed by atoms with Crippen molar-refractivity contribution in [2.75, 3.05) is 5.32 Å². The fourth-order valence-electron chi connectivity index (χ4n) is 3.11. The summed E-state index contributed by atoms with van der Waals surface area (Å²) >= 11 is 0. The van der Waals surface area contributed by atoms with E-state index >= 15 is 0 Å². The van der Waals surface area contributed by atoms with Gasteiger partial charge in [0.1, 0.15) is 23.7 Å². The Morgan fingerprint density at radius 1 is 0.968 bits per heavy atom. The first-order valence-corrected chi connectivity index (χ1v) is 8.56. The van der Waals surface area contributed by atoms with E-state index in [1.54, 1.807) is 0 Å². The molecule has 1 aromatic carbocycles. The summed E-state index contributed by atoms with van der Waals surface area (Å²) in [5.74, 6) is -7.76. The van der Waals surface area contributed by atoms with E-state index in [0.29, 0.717) is 18.2 Å². The van der Waals surface area contributed by atoms with Crippen LogP contribution in [0.2, 0.25) is 0 Å². The number of aromatic nitrogens is 4. The first kappa shape index (κ1) is 21.2. The molecule has 14 heteroatoms. The molecule has 2 aromatic heterocycles. The zero-order chi connectivity index (χ0) is 22.8. The molecule has 3 aromatic rings. The quantitative estimate of drug-likeness (QED) is 0.561. The molecule has 1 N–H and O–H groups in total. The maximum absolute atomic E-state index is 14.0. The molecule has 0 atom stereocenters. The number of fused-ring (bicyclic) bond motifs is 1. The summed E-state index contributed by atoms with van der Waals surface area (Å²) in [5.41, 5.74) is -4.25.